The Bertz CT molecular complexity index is 290. The SMILES string of the molecule is [Ir].c1ncc2ccsc2n1. The second-order valence-electron chi connectivity index (χ2n) is 1.70. The molecule has 0 amide bonds. The van der Waals surface area contributed by atoms with E-state index in [2.05, 4.69) is 9.97 Å². The summed E-state index contributed by atoms with van der Waals surface area (Å²) in [6, 6.07) is 2.01. The fraction of sp³-hybridized carbons (Fsp3) is 0. The van der Waals surface area contributed by atoms with E-state index in [1.54, 1.807) is 17.7 Å². The molecular formula is C6H4IrN2S. The number of rotatable bonds is 0. The molecule has 4 heteroatoms. The Hall–Kier alpha value is -0.311. The standard InChI is InChI=1S/C6H4N2S.Ir/c1-2-9-6-5(1)3-7-4-8-6;/h1-4H;. The van der Waals surface area contributed by atoms with E-state index in [0.29, 0.717) is 0 Å². The second-order valence-corrected chi connectivity index (χ2v) is 2.60. The van der Waals surface area contributed by atoms with Gasteiger partial charge in [0.2, 0.25) is 0 Å². The first-order valence-corrected chi connectivity index (χ1v) is 3.48. The van der Waals surface area contributed by atoms with E-state index in [1.165, 1.54) is 0 Å². The van der Waals surface area contributed by atoms with Crippen molar-refractivity contribution in [2.45, 2.75) is 0 Å². The van der Waals surface area contributed by atoms with Crippen molar-refractivity contribution in [1.82, 2.24) is 9.97 Å². The van der Waals surface area contributed by atoms with Crippen LogP contribution in [0.3, 0.4) is 0 Å². The predicted octanol–water partition coefficient (Wildman–Crippen LogP) is 1.69. The van der Waals surface area contributed by atoms with Crippen molar-refractivity contribution < 1.29 is 20.1 Å². The van der Waals surface area contributed by atoms with Gasteiger partial charge in [0.05, 0.1) is 0 Å². The second kappa shape index (κ2) is 3.19. The van der Waals surface area contributed by atoms with Crippen LogP contribution in [0.4, 0.5) is 0 Å². The van der Waals surface area contributed by atoms with E-state index in [9.17, 15) is 0 Å². The number of hydrogen-bond acceptors (Lipinski definition) is 3. The number of hydrogen-bond donors (Lipinski definition) is 0. The predicted molar refractivity (Wildman–Crippen MR) is 37.4 cm³/mol. The van der Waals surface area contributed by atoms with Crippen molar-refractivity contribution in [2.75, 3.05) is 0 Å². The summed E-state index contributed by atoms with van der Waals surface area (Å²) in [5.41, 5.74) is 0. The largest absolute Gasteiger partial charge is 0.244 e. The molecule has 2 nitrogen and oxygen atoms in total. The Morgan fingerprint density at radius 2 is 2.30 bits per heavy atom. The summed E-state index contributed by atoms with van der Waals surface area (Å²) in [6.07, 6.45) is 3.39. The fourth-order valence-corrected chi connectivity index (χ4v) is 1.42. The van der Waals surface area contributed by atoms with Gasteiger partial charge in [0.15, 0.2) is 0 Å². The topological polar surface area (TPSA) is 25.8 Å². The maximum Gasteiger partial charge on any atom is 0.126 e. The monoisotopic (exact) mass is 329 g/mol. The maximum absolute atomic E-state index is 4.05. The van der Waals surface area contributed by atoms with Crippen molar-refractivity contribution in [3.8, 4) is 0 Å². The maximum atomic E-state index is 4.05. The molecule has 1 radical (unpaired) electrons. The van der Waals surface area contributed by atoms with E-state index < -0.39 is 0 Å². The Morgan fingerprint density at radius 3 is 3.10 bits per heavy atom. The van der Waals surface area contributed by atoms with Crippen molar-refractivity contribution in [3.63, 3.8) is 0 Å². The van der Waals surface area contributed by atoms with Crippen LogP contribution in [0.5, 0.6) is 0 Å². The number of thiophene rings is 1. The average molecular weight is 328 g/mol. The van der Waals surface area contributed by atoms with Gasteiger partial charge < -0.3 is 0 Å². The molecule has 2 rings (SSSR count). The molecule has 0 bridgehead atoms. The van der Waals surface area contributed by atoms with Crippen LogP contribution < -0.4 is 0 Å². The van der Waals surface area contributed by atoms with E-state index in [4.69, 9.17) is 0 Å². The third-order valence-electron chi connectivity index (χ3n) is 1.13. The summed E-state index contributed by atoms with van der Waals surface area (Å²) in [5.74, 6) is 0. The van der Waals surface area contributed by atoms with E-state index >= 15 is 0 Å². The molecule has 0 fully saturated rings. The summed E-state index contributed by atoms with van der Waals surface area (Å²) in [6.45, 7) is 0. The number of nitrogens with zero attached hydrogens (tertiary/aromatic N) is 2. The van der Waals surface area contributed by atoms with Crippen LogP contribution in [0, 0.1) is 0 Å². The van der Waals surface area contributed by atoms with Gasteiger partial charge >= 0.3 is 0 Å². The first kappa shape index (κ1) is 7.79. The molecule has 0 aliphatic rings. The minimum absolute atomic E-state index is 0. The molecule has 0 saturated heterocycles. The molecule has 2 aromatic rings. The van der Waals surface area contributed by atoms with Crippen LogP contribution >= 0.6 is 11.3 Å². The van der Waals surface area contributed by atoms with Crippen molar-refractivity contribution in [3.05, 3.63) is 24.0 Å². The van der Waals surface area contributed by atoms with Gasteiger partial charge in [-0.3, -0.25) is 0 Å². The Morgan fingerprint density at radius 1 is 1.40 bits per heavy atom. The summed E-state index contributed by atoms with van der Waals surface area (Å²) in [4.78, 5) is 8.99. The van der Waals surface area contributed by atoms with Gasteiger partial charge in [-0.05, 0) is 11.4 Å². The molecule has 0 aliphatic carbocycles. The van der Waals surface area contributed by atoms with E-state index in [0.717, 1.165) is 10.2 Å². The molecule has 53 valence electrons. The molecule has 2 aromatic heterocycles. The first-order chi connectivity index (χ1) is 4.47. The number of fused-ring (bicyclic) bond motifs is 1. The van der Waals surface area contributed by atoms with Gasteiger partial charge in [-0.1, -0.05) is 0 Å². The Labute approximate surface area is 75.7 Å². The minimum Gasteiger partial charge on any atom is -0.244 e. The van der Waals surface area contributed by atoms with Crippen LogP contribution in [0.25, 0.3) is 10.2 Å². The zero-order valence-electron chi connectivity index (χ0n) is 4.95. The van der Waals surface area contributed by atoms with Crippen molar-refractivity contribution in [1.29, 1.82) is 0 Å². The molecular weight excluding hydrogens is 324 g/mol. The minimum atomic E-state index is 0. The third kappa shape index (κ3) is 1.24. The molecule has 0 N–H and O–H groups in total. The van der Waals surface area contributed by atoms with Crippen LogP contribution in [0.2, 0.25) is 0 Å². The van der Waals surface area contributed by atoms with Gasteiger partial charge in [-0.25, -0.2) is 9.97 Å². The summed E-state index contributed by atoms with van der Waals surface area (Å²) < 4.78 is 0. The molecule has 2 heterocycles. The van der Waals surface area contributed by atoms with E-state index in [-0.39, 0.29) is 20.1 Å². The van der Waals surface area contributed by atoms with Crippen LogP contribution in [-0.4, -0.2) is 9.97 Å². The zero-order valence-corrected chi connectivity index (χ0v) is 8.16. The van der Waals surface area contributed by atoms with Crippen LogP contribution in [-0.2, 0) is 20.1 Å². The molecule has 0 unspecified atom stereocenters. The molecule has 10 heavy (non-hydrogen) atoms. The molecule has 0 aliphatic heterocycles. The number of aromatic nitrogens is 2. The average Bonchev–Trinajstić information content (AvgIpc) is 2.33. The van der Waals surface area contributed by atoms with Gasteiger partial charge in [0, 0.05) is 31.7 Å². The van der Waals surface area contributed by atoms with Gasteiger partial charge in [0.25, 0.3) is 0 Å². The van der Waals surface area contributed by atoms with Gasteiger partial charge in [-0.2, -0.15) is 0 Å². The van der Waals surface area contributed by atoms with Crippen LogP contribution in [0.15, 0.2) is 24.0 Å². The molecule has 0 saturated carbocycles. The first-order valence-electron chi connectivity index (χ1n) is 2.60. The Kier molecular flexibility index (Phi) is 2.49. The summed E-state index contributed by atoms with van der Waals surface area (Å²) >= 11 is 1.64. The zero-order chi connectivity index (χ0) is 6.10. The van der Waals surface area contributed by atoms with Crippen molar-refractivity contribution in [2.24, 2.45) is 0 Å². The van der Waals surface area contributed by atoms with Crippen molar-refractivity contribution >= 4 is 21.6 Å². The third-order valence-corrected chi connectivity index (χ3v) is 1.97. The fourth-order valence-electron chi connectivity index (χ4n) is 0.714. The molecule has 0 spiro atoms. The van der Waals surface area contributed by atoms with Gasteiger partial charge in [-0.15, -0.1) is 11.3 Å². The Balaban J connectivity index is 0.000000500. The smallest absolute Gasteiger partial charge is 0.126 e. The van der Waals surface area contributed by atoms with Crippen LogP contribution in [0.1, 0.15) is 0 Å². The molecule has 0 atom stereocenters. The summed E-state index contributed by atoms with van der Waals surface area (Å²) in [7, 11) is 0. The summed E-state index contributed by atoms with van der Waals surface area (Å²) in [5, 5.41) is 3.14. The normalized spacial score (nSPS) is 9.20. The molecule has 0 aromatic carbocycles. The van der Waals surface area contributed by atoms with Gasteiger partial charge in [0.1, 0.15) is 11.2 Å². The van der Waals surface area contributed by atoms with E-state index in [1.807, 2.05) is 17.6 Å². The quantitative estimate of drug-likeness (QED) is 0.735.